The monoisotopic (exact) mass is 320 g/mol. The van der Waals surface area contributed by atoms with Crippen LogP contribution in [0.5, 0.6) is 11.5 Å². The third-order valence-electron chi connectivity index (χ3n) is 2.81. The van der Waals surface area contributed by atoms with Crippen LogP contribution in [-0.4, -0.2) is 19.2 Å². The Balaban J connectivity index is 1.81. The minimum Gasteiger partial charge on any atom is -0.490 e. The molecule has 0 aromatic heterocycles. The molecule has 0 spiro atoms. The molecule has 0 amide bonds. The summed E-state index contributed by atoms with van der Waals surface area (Å²) in [7, 11) is 0. The Hall–Kier alpha value is -2.20. The first-order valence-corrected chi connectivity index (χ1v) is 7.31. The summed E-state index contributed by atoms with van der Waals surface area (Å²) in [6.07, 6.45) is 0. The minimum atomic E-state index is -0.443. The standard InChI is InChI=1S/C17H17ClO4/c1-2-20-15-5-3-4-6-16(15)21-12-17(19)22-11-13-7-9-14(18)10-8-13/h3-10H,2,11-12H2,1H3. The number of esters is 1. The molecule has 0 N–H and O–H groups in total. The lowest BCUT2D eigenvalue weighted by Crippen LogP contribution is -2.15. The third kappa shape index (κ3) is 4.97. The minimum absolute atomic E-state index is 0.169. The Morgan fingerprint density at radius 1 is 1.00 bits per heavy atom. The second-order valence-corrected chi connectivity index (χ2v) is 4.89. The first kappa shape index (κ1) is 16.2. The van der Waals surface area contributed by atoms with Crippen LogP contribution in [0.4, 0.5) is 0 Å². The molecule has 0 heterocycles. The van der Waals surface area contributed by atoms with Crippen molar-refractivity contribution in [3.63, 3.8) is 0 Å². The van der Waals surface area contributed by atoms with Gasteiger partial charge in [0.05, 0.1) is 6.61 Å². The zero-order valence-electron chi connectivity index (χ0n) is 12.3. The van der Waals surface area contributed by atoms with Gasteiger partial charge in [0.1, 0.15) is 6.61 Å². The molecule has 0 aliphatic rings. The number of benzene rings is 2. The number of carbonyl (C=O) groups excluding carboxylic acids is 1. The molecule has 0 radical (unpaired) electrons. The number of carbonyl (C=O) groups is 1. The molecular weight excluding hydrogens is 304 g/mol. The largest absolute Gasteiger partial charge is 0.490 e. The van der Waals surface area contributed by atoms with Crippen molar-refractivity contribution in [2.45, 2.75) is 13.5 Å². The van der Waals surface area contributed by atoms with Gasteiger partial charge in [-0.3, -0.25) is 0 Å². The number of halogens is 1. The summed E-state index contributed by atoms with van der Waals surface area (Å²) >= 11 is 5.79. The summed E-state index contributed by atoms with van der Waals surface area (Å²) in [5, 5.41) is 0.644. The van der Waals surface area contributed by atoms with Crippen molar-refractivity contribution >= 4 is 17.6 Å². The molecule has 0 aliphatic carbocycles. The molecule has 22 heavy (non-hydrogen) atoms. The van der Waals surface area contributed by atoms with Crippen molar-refractivity contribution in [1.82, 2.24) is 0 Å². The Kier molecular flexibility index (Phi) is 6.10. The van der Waals surface area contributed by atoms with Crippen molar-refractivity contribution in [3.05, 3.63) is 59.1 Å². The van der Waals surface area contributed by atoms with Gasteiger partial charge in [0.25, 0.3) is 0 Å². The van der Waals surface area contributed by atoms with Gasteiger partial charge in [-0.05, 0) is 36.8 Å². The van der Waals surface area contributed by atoms with Crippen LogP contribution in [0.25, 0.3) is 0 Å². The van der Waals surface area contributed by atoms with Gasteiger partial charge in [-0.2, -0.15) is 0 Å². The zero-order chi connectivity index (χ0) is 15.8. The maximum Gasteiger partial charge on any atom is 0.344 e. The van der Waals surface area contributed by atoms with Crippen LogP contribution < -0.4 is 9.47 Å². The first-order valence-electron chi connectivity index (χ1n) is 6.93. The second-order valence-electron chi connectivity index (χ2n) is 4.46. The molecule has 2 aromatic rings. The topological polar surface area (TPSA) is 44.8 Å². The van der Waals surface area contributed by atoms with Gasteiger partial charge in [0.2, 0.25) is 0 Å². The van der Waals surface area contributed by atoms with Gasteiger partial charge in [-0.1, -0.05) is 35.9 Å². The van der Waals surface area contributed by atoms with Gasteiger partial charge in [-0.15, -0.1) is 0 Å². The van der Waals surface area contributed by atoms with Crippen LogP contribution in [-0.2, 0) is 16.1 Å². The molecule has 0 fully saturated rings. The van der Waals surface area contributed by atoms with Crippen molar-refractivity contribution < 1.29 is 19.0 Å². The van der Waals surface area contributed by atoms with Gasteiger partial charge >= 0.3 is 5.97 Å². The van der Waals surface area contributed by atoms with E-state index in [-0.39, 0.29) is 13.2 Å². The average Bonchev–Trinajstić information content (AvgIpc) is 2.54. The smallest absolute Gasteiger partial charge is 0.344 e. The van der Waals surface area contributed by atoms with E-state index in [1.54, 1.807) is 36.4 Å². The molecule has 4 nitrogen and oxygen atoms in total. The SMILES string of the molecule is CCOc1ccccc1OCC(=O)OCc1ccc(Cl)cc1. The predicted molar refractivity (Wildman–Crippen MR) is 84.4 cm³/mol. The zero-order valence-corrected chi connectivity index (χ0v) is 13.0. The van der Waals surface area contributed by atoms with Gasteiger partial charge in [0.15, 0.2) is 18.1 Å². The highest BCUT2D eigenvalue weighted by molar-refractivity contribution is 6.30. The van der Waals surface area contributed by atoms with Crippen LogP contribution in [0.15, 0.2) is 48.5 Å². The Morgan fingerprint density at radius 3 is 2.27 bits per heavy atom. The Morgan fingerprint density at radius 2 is 1.64 bits per heavy atom. The predicted octanol–water partition coefficient (Wildman–Crippen LogP) is 3.86. The number of hydrogen-bond acceptors (Lipinski definition) is 4. The Bertz CT molecular complexity index is 610. The maximum absolute atomic E-state index is 11.7. The van der Waals surface area contributed by atoms with Crippen molar-refractivity contribution in [2.24, 2.45) is 0 Å². The Labute approximate surface area is 134 Å². The molecule has 0 atom stereocenters. The van der Waals surface area contributed by atoms with E-state index in [9.17, 15) is 4.79 Å². The normalized spacial score (nSPS) is 10.1. The molecule has 0 bridgehead atoms. The van der Waals surface area contributed by atoms with E-state index in [1.807, 2.05) is 19.1 Å². The molecule has 0 aliphatic heterocycles. The lowest BCUT2D eigenvalue weighted by atomic mass is 10.2. The summed E-state index contributed by atoms with van der Waals surface area (Å²) in [5.41, 5.74) is 0.868. The fourth-order valence-electron chi connectivity index (χ4n) is 1.77. The highest BCUT2D eigenvalue weighted by atomic mass is 35.5. The van der Waals surface area contributed by atoms with E-state index in [4.69, 9.17) is 25.8 Å². The number of hydrogen-bond donors (Lipinski definition) is 0. The molecule has 0 unspecified atom stereocenters. The van der Waals surface area contributed by atoms with E-state index in [0.717, 1.165) is 5.56 Å². The van der Waals surface area contributed by atoms with E-state index in [2.05, 4.69) is 0 Å². The molecule has 2 aromatic carbocycles. The molecule has 0 saturated carbocycles. The van der Waals surface area contributed by atoms with Crippen LogP contribution in [0.2, 0.25) is 5.02 Å². The number of rotatable bonds is 7. The maximum atomic E-state index is 11.7. The lowest BCUT2D eigenvalue weighted by molar-refractivity contribution is -0.147. The summed E-state index contributed by atoms with van der Waals surface area (Å²) in [6, 6.07) is 14.3. The number of ether oxygens (including phenoxy) is 3. The van der Waals surface area contributed by atoms with Crippen LogP contribution >= 0.6 is 11.6 Å². The van der Waals surface area contributed by atoms with Crippen LogP contribution in [0, 0.1) is 0 Å². The van der Waals surface area contributed by atoms with E-state index < -0.39 is 5.97 Å². The van der Waals surface area contributed by atoms with Crippen LogP contribution in [0.3, 0.4) is 0 Å². The highest BCUT2D eigenvalue weighted by Crippen LogP contribution is 2.26. The highest BCUT2D eigenvalue weighted by Gasteiger charge is 2.08. The third-order valence-corrected chi connectivity index (χ3v) is 3.06. The summed E-state index contributed by atoms with van der Waals surface area (Å²) in [5.74, 6) is 0.685. The number of para-hydroxylation sites is 2. The second kappa shape index (κ2) is 8.29. The van der Waals surface area contributed by atoms with E-state index in [1.165, 1.54) is 0 Å². The molecule has 0 saturated heterocycles. The van der Waals surface area contributed by atoms with Gasteiger partial charge in [-0.25, -0.2) is 4.79 Å². The molecule has 5 heteroatoms. The fourth-order valence-corrected chi connectivity index (χ4v) is 1.89. The lowest BCUT2D eigenvalue weighted by Gasteiger charge is -2.11. The molecular formula is C17H17ClO4. The van der Waals surface area contributed by atoms with Crippen molar-refractivity contribution in [2.75, 3.05) is 13.2 Å². The molecule has 2 rings (SSSR count). The van der Waals surface area contributed by atoms with Gasteiger partial charge in [0, 0.05) is 5.02 Å². The van der Waals surface area contributed by atoms with Gasteiger partial charge < -0.3 is 14.2 Å². The van der Waals surface area contributed by atoms with Crippen molar-refractivity contribution in [1.29, 1.82) is 0 Å². The molecule has 116 valence electrons. The summed E-state index contributed by atoms with van der Waals surface area (Å²) in [6.45, 7) is 2.43. The summed E-state index contributed by atoms with van der Waals surface area (Å²) in [4.78, 5) is 11.7. The summed E-state index contributed by atoms with van der Waals surface area (Å²) < 4.78 is 16.0. The van der Waals surface area contributed by atoms with E-state index >= 15 is 0 Å². The van der Waals surface area contributed by atoms with E-state index in [0.29, 0.717) is 23.1 Å². The first-order chi connectivity index (χ1) is 10.7. The van der Waals surface area contributed by atoms with Crippen LogP contribution in [0.1, 0.15) is 12.5 Å². The average molecular weight is 321 g/mol. The quantitative estimate of drug-likeness (QED) is 0.727. The van der Waals surface area contributed by atoms with Crippen molar-refractivity contribution in [3.8, 4) is 11.5 Å². The fraction of sp³-hybridized carbons (Fsp3) is 0.235.